The molecule has 1 heterocycles. The maximum absolute atomic E-state index is 5.59. The summed E-state index contributed by atoms with van der Waals surface area (Å²) in [4.78, 5) is 8.36. The molecule has 1 saturated carbocycles. The molecule has 6 heteroatoms. The molecular weight excluding hydrogens is 242 g/mol. The zero-order valence-corrected chi connectivity index (χ0v) is 11.5. The lowest BCUT2D eigenvalue weighted by molar-refractivity contribution is 0.124. The first kappa shape index (κ1) is 14.0. The summed E-state index contributed by atoms with van der Waals surface area (Å²) in [6.45, 7) is 4.63. The van der Waals surface area contributed by atoms with Crippen molar-refractivity contribution in [3.8, 4) is 0 Å². The van der Waals surface area contributed by atoms with E-state index in [1.165, 1.54) is 19.2 Å². The van der Waals surface area contributed by atoms with E-state index in [-0.39, 0.29) is 0 Å². The molecule has 1 aliphatic carbocycles. The Kier molecular flexibility index (Phi) is 5.35. The normalized spacial score (nSPS) is 14.4. The van der Waals surface area contributed by atoms with E-state index in [0.29, 0.717) is 5.82 Å². The van der Waals surface area contributed by atoms with Crippen LogP contribution in [-0.2, 0) is 11.2 Å². The molecule has 4 N–H and O–H groups in total. The average Bonchev–Trinajstić information content (AvgIpc) is 3.26. The molecular formula is C13H23N5O. The summed E-state index contributed by atoms with van der Waals surface area (Å²) in [7, 11) is 0. The van der Waals surface area contributed by atoms with Crippen LogP contribution >= 0.6 is 0 Å². The smallest absolute Gasteiger partial charge is 0.148 e. The number of nitrogen functional groups attached to an aromatic ring is 1. The lowest BCUT2D eigenvalue weighted by Crippen LogP contribution is -2.15. The highest BCUT2D eigenvalue weighted by Crippen LogP contribution is 2.28. The summed E-state index contributed by atoms with van der Waals surface area (Å²) in [6.07, 6.45) is 6.01. The minimum Gasteiger partial charge on any atom is -0.381 e. The summed E-state index contributed by atoms with van der Waals surface area (Å²) >= 11 is 0. The Hall–Kier alpha value is -1.40. The van der Waals surface area contributed by atoms with Crippen molar-refractivity contribution in [1.29, 1.82) is 0 Å². The predicted octanol–water partition coefficient (Wildman–Crippen LogP) is 1.55. The van der Waals surface area contributed by atoms with Crippen LogP contribution in [0.4, 0.5) is 11.6 Å². The van der Waals surface area contributed by atoms with Crippen LogP contribution in [0.1, 0.15) is 31.7 Å². The molecule has 19 heavy (non-hydrogen) atoms. The van der Waals surface area contributed by atoms with Gasteiger partial charge in [0.2, 0.25) is 0 Å². The summed E-state index contributed by atoms with van der Waals surface area (Å²) in [5.74, 6) is 7.81. The van der Waals surface area contributed by atoms with Crippen LogP contribution in [0.3, 0.4) is 0 Å². The van der Waals surface area contributed by atoms with Gasteiger partial charge in [-0.1, -0.05) is 6.92 Å². The molecule has 2 rings (SSSR count). The number of nitrogens with one attached hydrogen (secondary N) is 2. The fourth-order valence-corrected chi connectivity index (χ4v) is 1.94. The van der Waals surface area contributed by atoms with E-state index in [4.69, 9.17) is 10.6 Å². The number of ether oxygens (including phenoxy) is 1. The standard InChI is InChI=1S/C13H23N5O/c1-2-11-12(16-9-17-13(11)18-14)15-6-3-7-19-8-10-4-5-10/h9-10H,2-8,14H2,1H3,(H2,15,16,17,18). The van der Waals surface area contributed by atoms with Crippen molar-refractivity contribution in [3.05, 3.63) is 11.9 Å². The van der Waals surface area contributed by atoms with Crippen LogP contribution in [0.5, 0.6) is 0 Å². The Balaban J connectivity index is 1.71. The zero-order chi connectivity index (χ0) is 13.5. The molecule has 0 spiro atoms. The molecule has 106 valence electrons. The Morgan fingerprint density at radius 2 is 2.16 bits per heavy atom. The van der Waals surface area contributed by atoms with Crippen LogP contribution in [0, 0.1) is 5.92 Å². The van der Waals surface area contributed by atoms with Gasteiger partial charge in [0, 0.05) is 25.3 Å². The fourth-order valence-electron chi connectivity index (χ4n) is 1.94. The van der Waals surface area contributed by atoms with E-state index >= 15 is 0 Å². The van der Waals surface area contributed by atoms with E-state index in [1.807, 2.05) is 0 Å². The molecule has 0 radical (unpaired) electrons. The fraction of sp³-hybridized carbons (Fsp3) is 0.692. The monoisotopic (exact) mass is 265 g/mol. The number of hydrazine groups is 1. The second kappa shape index (κ2) is 7.25. The second-order valence-corrected chi connectivity index (χ2v) is 4.85. The number of hydrogen-bond donors (Lipinski definition) is 3. The highest BCUT2D eigenvalue weighted by molar-refractivity contribution is 5.56. The van der Waals surface area contributed by atoms with E-state index in [0.717, 1.165) is 49.9 Å². The van der Waals surface area contributed by atoms with Crippen molar-refractivity contribution in [2.45, 2.75) is 32.6 Å². The Bertz CT molecular complexity index is 395. The molecule has 0 aliphatic heterocycles. The van der Waals surface area contributed by atoms with Crippen molar-refractivity contribution < 1.29 is 4.74 Å². The molecule has 1 aliphatic rings. The zero-order valence-electron chi connectivity index (χ0n) is 11.5. The molecule has 0 atom stereocenters. The molecule has 1 aromatic heterocycles. The predicted molar refractivity (Wildman–Crippen MR) is 75.9 cm³/mol. The van der Waals surface area contributed by atoms with Crippen LogP contribution in [0.15, 0.2) is 6.33 Å². The van der Waals surface area contributed by atoms with Gasteiger partial charge in [-0.3, -0.25) is 0 Å². The summed E-state index contributed by atoms with van der Waals surface area (Å²) in [6, 6.07) is 0. The van der Waals surface area contributed by atoms with Crippen LogP contribution in [0.2, 0.25) is 0 Å². The van der Waals surface area contributed by atoms with Crippen LogP contribution < -0.4 is 16.6 Å². The highest BCUT2D eigenvalue weighted by Gasteiger charge is 2.20. The lowest BCUT2D eigenvalue weighted by Gasteiger charge is -2.12. The molecule has 1 aromatic rings. The third-order valence-electron chi connectivity index (χ3n) is 3.24. The lowest BCUT2D eigenvalue weighted by atomic mass is 10.2. The SMILES string of the molecule is CCc1c(NN)ncnc1NCCCOCC1CC1. The third kappa shape index (κ3) is 4.33. The van der Waals surface area contributed by atoms with Gasteiger partial charge in [-0.05, 0) is 31.6 Å². The molecule has 0 aromatic carbocycles. The van der Waals surface area contributed by atoms with Gasteiger partial charge in [0.25, 0.3) is 0 Å². The van der Waals surface area contributed by atoms with E-state index in [1.54, 1.807) is 0 Å². The van der Waals surface area contributed by atoms with Gasteiger partial charge in [0.05, 0.1) is 0 Å². The molecule has 1 fully saturated rings. The van der Waals surface area contributed by atoms with Gasteiger partial charge >= 0.3 is 0 Å². The number of hydrogen-bond acceptors (Lipinski definition) is 6. The van der Waals surface area contributed by atoms with Crippen LogP contribution in [0.25, 0.3) is 0 Å². The molecule has 0 amide bonds. The Labute approximate surface area is 114 Å². The summed E-state index contributed by atoms with van der Waals surface area (Å²) in [5.41, 5.74) is 3.62. The number of aromatic nitrogens is 2. The minimum atomic E-state index is 0.685. The van der Waals surface area contributed by atoms with Crippen molar-refractivity contribution in [2.75, 3.05) is 30.5 Å². The van der Waals surface area contributed by atoms with Crippen LogP contribution in [-0.4, -0.2) is 29.7 Å². The van der Waals surface area contributed by atoms with Gasteiger partial charge in [-0.25, -0.2) is 15.8 Å². The van der Waals surface area contributed by atoms with E-state index in [9.17, 15) is 0 Å². The van der Waals surface area contributed by atoms with E-state index < -0.39 is 0 Å². The van der Waals surface area contributed by atoms with Gasteiger partial charge in [0.1, 0.15) is 18.0 Å². The Morgan fingerprint density at radius 3 is 2.84 bits per heavy atom. The first-order chi connectivity index (χ1) is 9.35. The molecule has 0 bridgehead atoms. The third-order valence-corrected chi connectivity index (χ3v) is 3.24. The van der Waals surface area contributed by atoms with Gasteiger partial charge in [-0.2, -0.15) is 0 Å². The maximum atomic E-state index is 5.59. The molecule has 0 unspecified atom stereocenters. The van der Waals surface area contributed by atoms with Gasteiger partial charge < -0.3 is 15.5 Å². The van der Waals surface area contributed by atoms with Crippen molar-refractivity contribution in [2.24, 2.45) is 11.8 Å². The van der Waals surface area contributed by atoms with Gasteiger partial charge in [-0.15, -0.1) is 0 Å². The quantitative estimate of drug-likeness (QED) is 0.357. The summed E-state index contributed by atoms with van der Waals surface area (Å²) in [5, 5.41) is 3.32. The maximum Gasteiger partial charge on any atom is 0.148 e. The molecule has 0 saturated heterocycles. The average molecular weight is 265 g/mol. The topological polar surface area (TPSA) is 85.1 Å². The number of rotatable bonds is 9. The largest absolute Gasteiger partial charge is 0.381 e. The number of nitrogens with zero attached hydrogens (tertiary/aromatic N) is 2. The highest BCUT2D eigenvalue weighted by atomic mass is 16.5. The number of anilines is 2. The van der Waals surface area contributed by atoms with Crippen molar-refractivity contribution >= 4 is 11.6 Å². The van der Waals surface area contributed by atoms with E-state index in [2.05, 4.69) is 27.6 Å². The van der Waals surface area contributed by atoms with Crippen molar-refractivity contribution in [1.82, 2.24) is 9.97 Å². The Morgan fingerprint density at radius 1 is 1.37 bits per heavy atom. The second-order valence-electron chi connectivity index (χ2n) is 4.85. The number of nitrogens with two attached hydrogens (primary N) is 1. The molecule has 6 nitrogen and oxygen atoms in total. The minimum absolute atomic E-state index is 0.685. The van der Waals surface area contributed by atoms with Crippen molar-refractivity contribution in [3.63, 3.8) is 0 Å². The van der Waals surface area contributed by atoms with Gasteiger partial charge in [0.15, 0.2) is 0 Å². The first-order valence-electron chi connectivity index (χ1n) is 6.97. The summed E-state index contributed by atoms with van der Waals surface area (Å²) < 4.78 is 5.59. The first-order valence-corrected chi connectivity index (χ1v) is 6.97.